The average molecular weight is 264 g/mol. The number of rotatable bonds is 3. The molecule has 0 aromatic carbocycles. The first-order chi connectivity index (χ1) is 8.58. The van der Waals surface area contributed by atoms with E-state index in [9.17, 15) is 0 Å². The molecule has 2 aromatic heterocycles. The van der Waals surface area contributed by atoms with Crippen LogP contribution in [0.25, 0.3) is 11.2 Å². The van der Waals surface area contributed by atoms with Crippen molar-refractivity contribution in [2.24, 2.45) is 5.92 Å². The van der Waals surface area contributed by atoms with Crippen LogP contribution in [0.3, 0.4) is 0 Å². The molecule has 0 spiro atoms. The molecule has 1 fully saturated rings. The highest BCUT2D eigenvalue weighted by Gasteiger charge is 2.32. The fourth-order valence-corrected chi connectivity index (χ4v) is 2.71. The Kier molecular flexibility index (Phi) is 2.81. The first-order valence-corrected chi connectivity index (χ1v) is 7.01. The van der Waals surface area contributed by atoms with Gasteiger partial charge in [-0.05, 0) is 51.7 Å². The Labute approximate surface area is 112 Å². The number of aryl methyl sites for hydroxylation is 1. The Morgan fingerprint density at radius 3 is 2.61 bits per heavy atom. The van der Waals surface area contributed by atoms with Gasteiger partial charge in [-0.3, -0.25) is 0 Å². The lowest BCUT2D eigenvalue weighted by Gasteiger charge is -2.17. The standard InChI is InChI=1S/C14H18ClN3/c1-8-4-7-12-14(16-8)18(10(3)11-5-6-11)13(17-12)9(2)15/h4,7,9-11H,5-6H2,1-3H3. The first-order valence-electron chi connectivity index (χ1n) is 6.57. The highest BCUT2D eigenvalue weighted by molar-refractivity contribution is 6.20. The van der Waals surface area contributed by atoms with Crippen LogP contribution in [0.2, 0.25) is 0 Å². The number of hydrogen-bond donors (Lipinski definition) is 0. The minimum atomic E-state index is -0.0827. The van der Waals surface area contributed by atoms with E-state index >= 15 is 0 Å². The maximum Gasteiger partial charge on any atom is 0.160 e. The van der Waals surface area contributed by atoms with Crippen molar-refractivity contribution < 1.29 is 0 Å². The third-order valence-electron chi connectivity index (χ3n) is 3.77. The summed E-state index contributed by atoms with van der Waals surface area (Å²) < 4.78 is 2.25. The maximum atomic E-state index is 6.28. The maximum absolute atomic E-state index is 6.28. The summed E-state index contributed by atoms with van der Waals surface area (Å²) >= 11 is 6.28. The Morgan fingerprint density at radius 1 is 1.28 bits per heavy atom. The van der Waals surface area contributed by atoms with Gasteiger partial charge >= 0.3 is 0 Å². The molecule has 18 heavy (non-hydrogen) atoms. The smallest absolute Gasteiger partial charge is 0.160 e. The molecular weight excluding hydrogens is 246 g/mol. The number of alkyl halides is 1. The molecule has 2 unspecified atom stereocenters. The van der Waals surface area contributed by atoms with Gasteiger partial charge in [-0.15, -0.1) is 11.6 Å². The van der Waals surface area contributed by atoms with Crippen molar-refractivity contribution in [3.8, 4) is 0 Å². The van der Waals surface area contributed by atoms with Crippen molar-refractivity contribution in [3.63, 3.8) is 0 Å². The zero-order valence-electron chi connectivity index (χ0n) is 11.0. The van der Waals surface area contributed by atoms with Gasteiger partial charge in [0.2, 0.25) is 0 Å². The predicted molar refractivity (Wildman–Crippen MR) is 74.0 cm³/mol. The van der Waals surface area contributed by atoms with E-state index in [1.54, 1.807) is 0 Å². The summed E-state index contributed by atoms with van der Waals surface area (Å²) in [7, 11) is 0. The predicted octanol–water partition coefficient (Wildman–Crippen LogP) is 4.01. The van der Waals surface area contributed by atoms with Gasteiger partial charge in [-0.1, -0.05) is 0 Å². The summed E-state index contributed by atoms with van der Waals surface area (Å²) in [5, 5.41) is -0.0827. The van der Waals surface area contributed by atoms with Crippen molar-refractivity contribution in [1.82, 2.24) is 14.5 Å². The lowest BCUT2D eigenvalue weighted by Crippen LogP contribution is -2.12. The second kappa shape index (κ2) is 4.23. The third-order valence-corrected chi connectivity index (χ3v) is 3.97. The lowest BCUT2D eigenvalue weighted by molar-refractivity contribution is 0.477. The number of pyridine rings is 1. The third kappa shape index (κ3) is 1.91. The fourth-order valence-electron chi connectivity index (χ4n) is 2.56. The lowest BCUT2D eigenvalue weighted by atomic mass is 10.2. The van der Waals surface area contributed by atoms with Gasteiger partial charge in [0.1, 0.15) is 11.3 Å². The van der Waals surface area contributed by atoms with Crippen LogP contribution >= 0.6 is 11.6 Å². The largest absolute Gasteiger partial charge is 0.308 e. The van der Waals surface area contributed by atoms with Gasteiger partial charge < -0.3 is 4.57 Å². The van der Waals surface area contributed by atoms with E-state index < -0.39 is 0 Å². The van der Waals surface area contributed by atoms with Gasteiger partial charge in [0, 0.05) is 11.7 Å². The molecule has 0 bridgehead atoms. The molecule has 3 rings (SSSR count). The Morgan fingerprint density at radius 2 is 2.00 bits per heavy atom. The summed E-state index contributed by atoms with van der Waals surface area (Å²) in [5.74, 6) is 1.71. The van der Waals surface area contributed by atoms with E-state index in [0.717, 1.165) is 28.6 Å². The Bertz CT molecular complexity index is 584. The van der Waals surface area contributed by atoms with Crippen molar-refractivity contribution in [2.75, 3.05) is 0 Å². The van der Waals surface area contributed by atoms with E-state index in [-0.39, 0.29) is 5.38 Å². The fraction of sp³-hybridized carbons (Fsp3) is 0.571. The zero-order valence-corrected chi connectivity index (χ0v) is 11.8. The van der Waals surface area contributed by atoms with E-state index in [1.807, 2.05) is 26.0 Å². The van der Waals surface area contributed by atoms with Crippen LogP contribution in [0.4, 0.5) is 0 Å². The molecular formula is C14H18ClN3. The molecule has 3 nitrogen and oxygen atoms in total. The Balaban J connectivity index is 2.22. The molecule has 2 aromatic rings. The molecule has 4 heteroatoms. The highest BCUT2D eigenvalue weighted by Crippen LogP contribution is 2.42. The molecule has 2 heterocycles. The molecule has 0 saturated heterocycles. The van der Waals surface area contributed by atoms with Crippen LogP contribution < -0.4 is 0 Å². The summed E-state index contributed by atoms with van der Waals surface area (Å²) in [5.41, 5.74) is 2.97. The summed E-state index contributed by atoms with van der Waals surface area (Å²) in [6.07, 6.45) is 2.62. The topological polar surface area (TPSA) is 30.7 Å². The van der Waals surface area contributed by atoms with Crippen LogP contribution in [0.15, 0.2) is 12.1 Å². The second-order valence-corrected chi connectivity index (χ2v) is 5.98. The molecule has 1 saturated carbocycles. The number of halogens is 1. The average Bonchev–Trinajstić information content (AvgIpc) is 3.09. The molecule has 0 radical (unpaired) electrons. The monoisotopic (exact) mass is 263 g/mol. The van der Waals surface area contributed by atoms with Crippen LogP contribution in [0.5, 0.6) is 0 Å². The van der Waals surface area contributed by atoms with E-state index in [4.69, 9.17) is 11.6 Å². The number of nitrogens with zero attached hydrogens (tertiary/aromatic N) is 3. The van der Waals surface area contributed by atoms with Crippen molar-refractivity contribution >= 4 is 22.8 Å². The Hall–Kier alpha value is -1.09. The van der Waals surface area contributed by atoms with Crippen molar-refractivity contribution in [3.05, 3.63) is 23.7 Å². The van der Waals surface area contributed by atoms with Crippen LogP contribution in [0, 0.1) is 12.8 Å². The van der Waals surface area contributed by atoms with E-state index in [0.29, 0.717) is 6.04 Å². The van der Waals surface area contributed by atoms with E-state index in [2.05, 4.69) is 21.5 Å². The normalized spacial score (nSPS) is 19.1. The molecule has 0 amide bonds. The summed E-state index contributed by atoms with van der Waals surface area (Å²) in [6, 6.07) is 4.49. The quantitative estimate of drug-likeness (QED) is 0.784. The van der Waals surface area contributed by atoms with Gasteiger partial charge in [0.25, 0.3) is 0 Å². The highest BCUT2D eigenvalue weighted by atomic mass is 35.5. The van der Waals surface area contributed by atoms with Crippen LogP contribution in [0.1, 0.15) is 49.6 Å². The van der Waals surface area contributed by atoms with Crippen LogP contribution in [-0.2, 0) is 0 Å². The molecule has 96 valence electrons. The molecule has 2 atom stereocenters. The number of fused-ring (bicyclic) bond motifs is 1. The second-order valence-electron chi connectivity index (χ2n) is 5.33. The van der Waals surface area contributed by atoms with Gasteiger partial charge in [0.15, 0.2) is 5.65 Å². The minimum Gasteiger partial charge on any atom is -0.308 e. The SMILES string of the molecule is Cc1ccc2nc(C(C)Cl)n(C(C)C3CC3)c2n1. The van der Waals surface area contributed by atoms with Gasteiger partial charge in [0.05, 0.1) is 5.38 Å². The van der Waals surface area contributed by atoms with Crippen molar-refractivity contribution in [1.29, 1.82) is 0 Å². The zero-order chi connectivity index (χ0) is 12.9. The number of hydrogen-bond acceptors (Lipinski definition) is 2. The molecule has 1 aliphatic rings. The summed E-state index contributed by atoms with van der Waals surface area (Å²) in [6.45, 7) is 6.25. The van der Waals surface area contributed by atoms with Gasteiger partial charge in [-0.25, -0.2) is 9.97 Å². The van der Waals surface area contributed by atoms with Gasteiger partial charge in [-0.2, -0.15) is 0 Å². The molecule has 0 N–H and O–H groups in total. The summed E-state index contributed by atoms with van der Waals surface area (Å²) in [4.78, 5) is 9.30. The number of imidazole rings is 1. The first kappa shape index (κ1) is 12.0. The molecule has 1 aliphatic carbocycles. The number of aromatic nitrogens is 3. The van der Waals surface area contributed by atoms with Crippen molar-refractivity contribution in [2.45, 2.75) is 45.0 Å². The molecule has 0 aliphatic heterocycles. The minimum absolute atomic E-state index is 0.0827. The van der Waals surface area contributed by atoms with Crippen LogP contribution in [-0.4, -0.2) is 14.5 Å². The van der Waals surface area contributed by atoms with E-state index in [1.165, 1.54) is 12.8 Å².